The summed E-state index contributed by atoms with van der Waals surface area (Å²) in [5.41, 5.74) is 3.64. The van der Waals surface area contributed by atoms with E-state index in [0.29, 0.717) is 5.56 Å². The van der Waals surface area contributed by atoms with Crippen LogP contribution < -0.4 is 0 Å². The van der Waals surface area contributed by atoms with Gasteiger partial charge in [0.25, 0.3) is 0 Å². The minimum absolute atomic E-state index is 0.109. The highest BCUT2D eigenvalue weighted by Crippen LogP contribution is 2.18. The second-order valence-corrected chi connectivity index (χ2v) is 5.72. The summed E-state index contributed by atoms with van der Waals surface area (Å²) in [6.45, 7) is 6.32. The molecule has 0 fully saturated rings. The van der Waals surface area contributed by atoms with Crippen LogP contribution in [-0.2, 0) is 25.8 Å². The number of hydrogen-bond acceptors (Lipinski definition) is 6. The monoisotopic (exact) mass is 360 g/mol. The molecule has 0 radical (unpaired) electrons. The van der Waals surface area contributed by atoms with Crippen LogP contribution >= 0.6 is 0 Å². The molecule has 0 amide bonds. The number of carbonyl (C=O) groups excluding carboxylic acids is 1. The third kappa shape index (κ3) is 6.37. The number of aryl methyl sites for hydroxylation is 1. The lowest BCUT2D eigenvalue weighted by Crippen LogP contribution is -2.21. The number of oxime groups is 1. The quantitative estimate of drug-likeness (QED) is 0.290. The van der Waals surface area contributed by atoms with Gasteiger partial charge >= 0.3 is 5.97 Å². The van der Waals surface area contributed by atoms with Gasteiger partial charge in [-0.3, -0.25) is 9.90 Å². The van der Waals surface area contributed by atoms with Crippen LogP contribution in [0.3, 0.4) is 0 Å². The molecule has 0 aliphatic carbocycles. The van der Waals surface area contributed by atoms with Gasteiger partial charge in [-0.2, -0.15) is 0 Å². The van der Waals surface area contributed by atoms with Gasteiger partial charge in [-0.05, 0) is 37.0 Å². The van der Waals surface area contributed by atoms with E-state index in [1.807, 2.05) is 45.3 Å². The predicted molar refractivity (Wildman–Crippen MR) is 102 cm³/mol. The molecule has 0 N–H and O–H groups in total. The molecule has 0 bridgehead atoms. The second-order valence-electron chi connectivity index (χ2n) is 5.72. The average Bonchev–Trinajstić information content (AvgIpc) is 2.62. The average molecular weight is 360 g/mol. The van der Waals surface area contributed by atoms with Gasteiger partial charge in [0, 0.05) is 18.8 Å². The van der Waals surface area contributed by atoms with Crippen molar-refractivity contribution in [3.8, 4) is 0 Å². The highest BCUT2D eigenvalue weighted by atomic mass is 16.7. The zero-order chi connectivity index (χ0) is 19.5. The minimum atomic E-state index is -0.563. The minimum Gasteiger partial charge on any atom is -0.464 e. The predicted octanol–water partition coefficient (Wildman–Crippen LogP) is 3.75. The zero-order valence-corrected chi connectivity index (χ0v) is 16.4. The number of methoxy groups -OCH3 is 1. The first-order valence-corrected chi connectivity index (χ1v) is 8.43. The smallest absolute Gasteiger partial charge is 0.360 e. The number of benzene rings is 1. The number of rotatable bonds is 9. The van der Waals surface area contributed by atoms with E-state index in [9.17, 15) is 4.79 Å². The van der Waals surface area contributed by atoms with E-state index < -0.39 is 5.97 Å². The number of nitrogens with zero attached hydrogens (tertiary/aromatic N) is 2. The van der Waals surface area contributed by atoms with Crippen molar-refractivity contribution in [1.29, 1.82) is 0 Å². The molecule has 1 aromatic carbocycles. The molecular weight excluding hydrogens is 332 g/mol. The third-order valence-electron chi connectivity index (χ3n) is 3.64. The highest BCUT2D eigenvalue weighted by Gasteiger charge is 2.20. The lowest BCUT2D eigenvalue weighted by Gasteiger charge is -2.18. The Morgan fingerprint density at radius 3 is 2.65 bits per heavy atom. The fourth-order valence-electron chi connectivity index (χ4n) is 2.34. The first-order chi connectivity index (χ1) is 12.4. The number of carbonyl (C=O) groups is 1. The van der Waals surface area contributed by atoms with E-state index in [-0.39, 0.29) is 12.3 Å². The number of hydroxylamine groups is 2. The number of hydrogen-bond donors (Lipinski definition) is 0. The van der Waals surface area contributed by atoms with E-state index in [1.54, 1.807) is 11.1 Å². The molecule has 142 valence electrons. The molecule has 0 saturated heterocycles. The number of allylic oxidation sites excluding steroid dienone is 3. The summed E-state index contributed by atoms with van der Waals surface area (Å²) in [5, 5.41) is 5.48. The molecule has 0 saturated carbocycles. The maximum Gasteiger partial charge on any atom is 0.360 e. The summed E-state index contributed by atoms with van der Waals surface area (Å²) in [6.07, 6.45) is 7.01. The third-order valence-corrected chi connectivity index (χ3v) is 3.64. The Balaban J connectivity index is 3.05. The van der Waals surface area contributed by atoms with E-state index in [1.165, 1.54) is 14.2 Å². The van der Waals surface area contributed by atoms with E-state index in [2.05, 4.69) is 18.2 Å². The van der Waals surface area contributed by atoms with Crippen LogP contribution in [0.5, 0.6) is 0 Å². The molecule has 1 aromatic rings. The summed E-state index contributed by atoms with van der Waals surface area (Å²) in [6, 6.07) is 5.60. The summed E-state index contributed by atoms with van der Waals surface area (Å²) in [5.74, 6) is -0.563. The van der Waals surface area contributed by atoms with Crippen LogP contribution in [0.25, 0.3) is 0 Å². The fraction of sp³-hybridized carbons (Fsp3) is 0.400. The largest absolute Gasteiger partial charge is 0.464 e. The van der Waals surface area contributed by atoms with Gasteiger partial charge < -0.3 is 9.57 Å². The highest BCUT2D eigenvalue weighted by molar-refractivity contribution is 6.43. The molecule has 1 rings (SSSR count). The van der Waals surface area contributed by atoms with Gasteiger partial charge in [-0.15, -0.1) is 0 Å². The molecule has 0 aromatic heterocycles. The fourth-order valence-corrected chi connectivity index (χ4v) is 2.34. The molecule has 0 aliphatic rings. The SMILES string of the molecule is CC/C=C\C(C)=C/N(C)OCc1c(C)cccc1/C(=N\OC)C(=O)OC. The molecule has 0 spiro atoms. The van der Waals surface area contributed by atoms with Gasteiger partial charge in [0.1, 0.15) is 13.7 Å². The van der Waals surface area contributed by atoms with Crippen LogP contribution in [0.15, 0.2) is 47.3 Å². The Hall–Kier alpha value is -2.60. The van der Waals surface area contributed by atoms with Gasteiger partial charge in [0.2, 0.25) is 0 Å². The standard InChI is InChI=1S/C20H28N2O4/c1-7-8-10-15(2)13-22(4)26-14-18-16(3)11-9-12-17(18)19(21-25-6)20(23)24-5/h8-13H,7,14H2,1-6H3/b10-8-,15-13-,21-19+. The molecule has 6 nitrogen and oxygen atoms in total. The first kappa shape index (κ1) is 21.4. The van der Waals surface area contributed by atoms with Crippen LogP contribution in [-0.4, -0.2) is 38.0 Å². The lowest BCUT2D eigenvalue weighted by atomic mass is 9.99. The maximum absolute atomic E-state index is 12.0. The second kappa shape index (κ2) is 11.1. The van der Waals surface area contributed by atoms with Crippen molar-refractivity contribution in [3.05, 3.63) is 58.8 Å². The molecular formula is C20H28N2O4. The Bertz CT molecular complexity index is 693. The topological polar surface area (TPSA) is 60.4 Å². The Morgan fingerprint density at radius 2 is 2.04 bits per heavy atom. The van der Waals surface area contributed by atoms with Crippen molar-refractivity contribution in [2.24, 2.45) is 5.16 Å². The van der Waals surface area contributed by atoms with Gasteiger partial charge in [-0.25, -0.2) is 4.79 Å². The molecule has 0 unspecified atom stereocenters. The van der Waals surface area contributed by atoms with Crippen molar-refractivity contribution >= 4 is 11.7 Å². The summed E-state index contributed by atoms with van der Waals surface area (Å²) < 4.78 is 4.81. The summed E-state index contributed by atoms with van der Waals surface area (Å²) >= 11 is 0. The van der Waals surface area contributed by atoms with E-state index in [0.717, 1.165) is 23.1 Å². The van der Waals surface area contributed by atoms with Crippen LogP contribution in [0.2, 0.25) is 0 Å². The van der Waals surface area contributed by atoms with Gasteiger partial charge in [0.15, 0.2) is 5.71 Å². The lowest BCUT2D eigenvalue weighted by molar-refractivity contribution is -0.132. The zero-order valence-electron chi connectivity index (χ0n) is 16.4. The maximum atomic E-state index is 12.0. The van der Waals surface area contributed by atoms with Crippen molar-refractivity contribution in [2.45, 2.75) is 33.8 Å². The van der Waals surface area contributed by atoms with Crippen molar-refractivity contribution in [3.63, 3.8) is 0 Å². The Kier molecular flexibility index (Phi) is 9.15. The van der Waals surface area contributed by atoms with Crippen LogP contribution in [0, 0.1) is 6.92 Å². The first-order valence-electron chi connectivity index (χ1n) is 8.43. The number of esters is 1. The van der Waals surface area contributed by atoms with Gasteiger partial charge in [0.05, 0.1) is 7.11 Å². The Labute approximate surface area is 155 Å². The summed E-state index contributed by atoms with van der Waals surface area (Å²) in [4.78, 5) is 22.7. The van der Waals surface area contributed by atoms with Crippen LogP contribution in [0.4, 0.5) is 0 Å². The molecule has 26 heavy (non-hydrogen) atoms. The molecule has 0 aliphatic heterocycles. The summed E-state index contributed by atoms with van der Waals surface area (Å²) in [7, 11) is 4.52. The molecule has 0 atom stereocenters. The number of ether oxygens (including phenoxy) is 1. The Morgan fingerprint density at radius 1 is 1.31 bits per heavy atom. The van der Waals surface area contributed by atoms with Gasteiger partial charge in [-0.1, -0.05) is 42.4 Å². The van der Waals surface area contributed by atoms with Crippen molar-refractivity contribution in [1.82, 2.24) is 5.06 Å². The van der Waals surface area contributed by atoms with Crippen molar-refractivity contribution in [2.75, 3.05) is 21.3 Å². The van der Waals surface area contributed by atoms with E-state index in [4.69, 9.17) is 14.4 Å². The normalized spacial score (nSPS) is 12.4. The molecule has 6 heteroatoms. The van der Waals surface area contributed by atoms with Crippen LogP contribution in [0.1, 0.15) is 37.0 Å². The van der Waals surface area contributed by atoms with Crippen molar-refractivity contribution < 1.29 is 19.2 Å². The molecule has 0 heterocycles. The van der Waals surface area contributed by atoms with E-state index >= 15 is 0 Å².